The fraction of sp³-hybridized carbons (Fsp3) is 0.393. The molecule has 1 heterocycles. The van der Waals surface area contributed by atoms with Crippen molar-refractivity contribution in [1.82, 2.24) is 0 Å². The topological polar surface area (TPSA) is 22.3 Å². The van der Waals surface area contributed by atoms with E-state index in [0.29, 0.717) is 0 Å². The van der Waals surface area contributed by atoms with E-state index in [0.717, 1.165) is 31.1 Å². The Labute approximate surface area is 187 Å². The average Bonchev–Trinajstić information content (AvgIpc) is 2.83. The minimum Gasteiger partial charge on any atom is -0.497 e. The van der Waals surface area contributed by atoms with Crippen LogP contribution in [-0.2, 0) is 6.54 Å². The lowest BCUT2D eigenvalue weighted by Gasteiger charge is -2.08. The molecule has 0 saturated heterocycles. The zero-order valence-electron chi connectivity index (χ0n) is 18.8. The standard InChI is InChI=1S/C28H36NO2/c1-30-27-17-13-25(14-18-27)26-15-19-28(20-16-26)31-24-12-7-5-3-2-4-6-9-21-29-22-10-8-11-23-29/h8,10-11,13-20,22-23H,2-7,9,12,21,24H2,1H3/q+1. The van der Waals surface area contributed by atoms with Crippen LogP contribution in [0.25, 0.3) is 11.1 Å². The first-order valence-corrected chi connectivity index (χ1v) is 11.7. The average molecular weight is 419 g/mol. The highest BCUT2D eigenvalue weighted by Gasteiger charge is 2.01. The van der Waals surface area contributed by atoms with E-state index in [2.05, 4.69) is 71.6 Å². The van der Waals surface area contributed by atoms with E-state index in [1.54, 1.807) is 7.11 Å². The van der Waals surface area contributed by atoms with E-state index in [1.807, 2.05) is 12.1 Å². The quantitative estimate of drug-likeness (QED) is 0.211. The van der Waals surface area contributed by atoms with Crippen molar-refractivity contribution < 1.29 is 14.0 Å². The minimum absolute atomic E-state index is 0.802. The van der Waals surface area contributed by atoms with E-state index >= 15 is 0 Å². The first-order chi connectivity index (χ1) is 15.3. The van der Waals surface area contributed by atoms with Crippen molar-refractivity contribution in [3.05, 3.63) is 79.1 Å². The SMILES string of the molecule is COc1ccc(-c2ccc(OCCCCCCCCCC[n+]3ccccc3)cc2)cc1. The molecular formula is C28H36NO2+. The Balaban J connectivity index is 1.19. The van der Waals surface area contributed by atoms with Crippen LogP contribution in [0, 0.1) is 0 Å². The largest absolute Gasteiger partial charge is 0.497 e. The van der Waals surface area contributed by atoms with Gasteiger partial charge in [0.05, 0.1) is 13.7 Å². The van der Waals surface area contributed by atoms with Gasteiger partial charge in [0, 0.05) is 18.6 Å². The molecule has 3 nitrogen and oxygen atoms in total. The number of methoxy groups -OCH3 is 1. The molecule has 0 fully saturated rings. The molecule has 3 heteroatoms. The van der Waals surface area contributed by atoms with Gasteiger partial charge in [-0.2, -0.15) is 0 Å². The van der Waals surface area contributed by atoms with Gasteiger partial charge < -0.3 is 9.47 Å². The number of benzene rings is 2. The maximum atomic E-state index is 5.91. The Morgan fingerprint density at radius 2 is 1.10 bits per heavy atom. The molecule has 3 aromatic rings. The minimum atomic E-state index is 0.802. The summed E-state index contributed by atoms with van der Waals surface area (Å²) >= 11 is 0. The van der Waals surface area contributed by atoms with Gasteiger partial charge in [0.15, 0.2) is 12.4 Å². The Kier molecular flexibility index (Phi) is 9.95. The molecule has 164 valence electrons. The second-order valence-electron chi connectivity index (χ2n) is 8.04. The third-order valence-corrected chi connectivity index (χ3v) is 5.63. The van der Waals surface area contributed by atoms with Crippen LogP contribution in [-0.4, -0.2) is 13.7 Å². The van der Waals surface area contributed by atoms with Crippen LogP contribution >= 0.6 is 0 Å². The van der Waals surface area contributed by atoms with Crippen molar-refractivity contribution in [3.63, 3.8) is 0 Å². The van der Waals surface area contributed by atoms with E-state index < -0.39 is 0 Å². The van der Waals surface area contributed by atoms with Crippen LogP contribution in [0.2, 0.25) is 0 Å². The number of aromatic nitrogens is 1. The van der Waals surface area contributed by atoms with Crippen LogP contribution in [0.5, 0.6) is 11.5 Å². The highest BCUT2D eigenvalue weighted by Crippen LogP contribution is 2.24. The Hall–Kier alpha value is -2.81. The summed E-state index contributed by atoms with van der Waals surface area (Å²) in [5, 5.41) is 0. The number of ether oxygens (including phenoxy) is 2. The van der Waals surface area contributed by atoms with Crippen LogP contribution in [0.15, 0.2) is 79.1 Å². The lowest BCUT2D eigenvalue weighted by Crippen LogP contribution is -2.32. The highest BCUT2D eigenvalue weighted by molar-refractivity contribution is 5.64. The molecule has 0 amide bonds. The molecule has 2 aromatic carbocycles. The van der Waals surface area contributed by atoms with Crippen molar-refractivity contribution in [2.45, 2.75) is 57.9 Å². The molecule has 0 aliphatic heterocycles. The number of pyridine rings is 1. The van der Waals surface area contributed by atoms with Crippen LogP contribution in [0.4, 0.5) is 0 Å². The third-order valence-electron chi connectivity index (χ3n) is 5.63. The zero-order valence-corrected chi connectivity index (χ0v) is 18.8. The summed E-state index contributed by atoms with van der Waals surface area (Å²) in [4.78, 5) is 0. The molecule has 1 aromatic heterocycles. The van der Waals surface area contributed by atoms with Crippen molar-refractivity contribution in [3.8, 4) is 22.6 Å². The Bertz CT molecular complexity index is 844. The van der Waals surface area contributed by atoms with E-state index in [1.165, 1.54) is 56.1 Å². The molecule has 0 atom stereocenters. The smallest absolute Gasteiger partial charge is 0.168 e. The molecule has 3 rings (SSSR count). The van der Waals surface area contributed by atoms with Crippen molar-refractivity contribution >= 4 is 0 Å². The number of hydrogen-bond acceptors (Lipinski definition) is 2. The van der Waals surface area contributed by atoms with Crippen LogP contribution < -0.4 is 14.0 Å². The molecule has 0 aliphatic carbocycles. The van der Waals surface area contributed by atoms with Crippen molar-refractivity contribution in [1.29, 1.82) is 0 Å². The maximum Gasteiger partial charge on any atom is 0.168 e. The van der Waals surface area contributed by atoms with Gasteiger partial charge in [-0.3, -0.25) is 0 Å². The lowest BCUT2D eigenvalue weighted by atomic mass is 10.1. The van der Waals surface area contributed by atoms with Gasteiger partial charge >= 0.3 is 0 Å². The van der Waals surface area contributed by atoms with Gasteiger partial charge in [-0.15, -0.1) is 0 Å². The first kappa shape index (κ1) is 22.9. The molecule has 0 saturated carbocycles. The van der Waals surface area contributed by atoms with E-state index in [9.17, 15) is 0 Å². The first-order valence-electron chi connectivity index (χ1n) is 11.7. The van der Waals surface area contributed by atoms with Gasteiger partial charge in [-0.1, -0.05) is 62.4 Å². The number of hydrogen-bond donors (Lipinski definition) is 0. The molecule has 0 spiro atoms. The molecule has 0 aliphatic rings. The van der Waals surface area contributed by atoms with Gasteiger partial charge in [0.25, 0.3) is 0 Å². The second kappa shape index (κ2) is 13.5. The summed E-state index contributed by atoms with van der Waals surface area (Å²) in [6.45, 7) is 1.94. The van der Waals surface area contributed by atoms with E-state index in [-0.39, 0.29) is 0 Å². The number of rotatable bonds is 14. The van der Waals surface area contributed by atoms with Crippen LogP contribution in [0.1, 0.15) is 51.4 Å². The summed E-state index contributed by atoms with van der Waals surface area (Å²) in [6.07, 6.45) is 14.7. The molecule has 0 bridgehead atoms. The zero-order chi connectivity index (χ0) is 21.6. The highest BCUT2D eigenvalue weighted by atomic mass is 16.5. The van der Waals surface area contributed by atoms with Crippen molar-refractivity contribution in [2.24, 2.45) is 0 Å². The summed E-state index contributed by atoms with van der Waals surface area (Å²) in [5.41, 5.74) is 2.38. The predicted octanol–water partition coefficient (Wildman–Crippen LogP) is 6.85. The Morgan fingerprint density at radius 3 is 1.68 bits per heavy atom. The summed E-state index contributed by atoms with van der Waals surface area (Å²) in [7, 11) is 1.69. The fourth-order valence-corrected chi connectivity index (χ4v) is 3.76. The van der Waals surface area contributed by atoms with Crippen LogP contribution in [0.3, 0.4) is 0 Å². The normalized spacial score (nSPS) is 10.7. The third kappa shape index (κ3) is 8.45. The number of aryl methyl sites for hydroxylation is 1. The summed E-state index contributed by atoms with van der Waals surface area (Å²) < 4.78 is 13.4. The monoisotopic (exact) mass is 418 g/mol. The lowest BCUT2D eigenvalue weighted by molar-refractivity contribution is -0.697. The van der Waals surface area contributed by atoms with Gasteiger partial charge in [-0.05, 0) is 48.2 Å². The molecule has 0 radical (unpaired) electrons. The molecule has 31 heavy (non-hydrogen) atoms. The van der Waals surface area contributed by atoms with Crippen molar-refractivity contribution in [2.75, 3.05) is 13.7 Å². The fourth-order valence-electron chi connectivity index (χ4n) is 3.76. The molecule has 0 N–H and O–H groups in total. The predicted molar refractivity (Wildman–Crippen MR) is 127 cm³/mol. The summed E-state index contributed by atoms with van der Waals surface area (Å²) in [6, 6.07) is 22.8. The Morgan fingerprint density at radius 1 is 0.581 bits per heavy atom. The summed E-state index contributed by atoms with van der Waals surface area (Å²) in [5.74, 6) is 1.83. The van der Waals surface area contributed by atoms with Gasteiger partial charge in [0.2, 0.25) is 0 Å². The molecule has 0 unspecified atom stereocenters. The molecular weight excluding hydrogens is 382 g/mol. The van der Waals surface area contributed by atoms with Gasteiger partial charge in [-0.25, -0.2) is 4.57 Å². The maximum absolute atomic E-state index is 5.91. The number of unbranched alkanes of at least 4 members (excludes halogenated alkanes) is 7. The van der Waals surface area contributed by atoms with Gasteiger partial charge in [0.1, 0.15) is 18.0 Å². The number of nitrogens with zero attached hydrogens (tertiary/aromatic N) is 1. The second-order valence-corrected chi connectivity index (χ2v) is 8.04. The van der Waals surface area contributed by atoms with E-state index in [4.69, 9.17) is 9.47 Å².